The minimum atomic E-state index is -0.393. The van der Waals surface area contributed by atoms with Crippen LogP contribution in [0.4, 0.5) is 5.69 Å². The predicted octanol–water partition coefficient (Wildman–Crippen LogP) is 5.36. The first-order valence-corrected chi connectivity index (χ1v) is 9.83. The van der Waals surface area contributed by atoms with Crippen LogP contribution in [-0.4, -0.2) is 21.5 Å². The Bertz CT molecular complexity index is 1090. The Morgan fingerprint density at radius 2 is 1.72 bits per heavy atom. The Hall–Kier alpha value is -2.23. The number of benzene rings is 2. The lowest BCUT2D eigenvalue weighted by Crippen LogP contribution is -1.89. The molecule has 0 spiro atoms. The minimum Gasteiger partial charge on any atom is -0.494 e. The average Bonchev–Trinajstić information content (AvgIpc) is 3.16. The van der Waals surface area contributed by atoms with Gasteiger partial charge in [-0.2, -0.15) is 0 Å². The quantitative estimate of drug-likeness (QED) is 0.337. The molecule has 0 aliphatic carbocycles. The number of hydrogen-bond donors (Lipinski definition) is 0. The van der Waals surface area contributed by atoms with Gasteiger partial charge in [0.2, 0.25) is 0 Å². The summed E-state index contributed by atoms with van der Waals surface area (Å²) < 4.78 is 9.09. The summed E-state index contributed by atoms with van der Waals surface area (Å²) in [5, 5.41) is 10.9. The van der Waals surface area contributed by atoms with E-state index < -0.39 is 4.92 Å². The Kier molecular flexibility index (Phi) is 4.28. The molecular weight excluding hydrogens is 378 g/mol. The molecule has 9 heteroatoms. The largest absolute Gasteiger partial charge is 0.494 e. The zero-order valence-corrected chi connectivity index (χ0v) is 15.4. The summed E-state index contributed by atoms with van der Waals surface area (Å²) in [6.07, 6.45) is 0. The Morgan fingerprint density at radius 1 is 1.08 bits per heavy atom. The summed E-state index contributed by atoms with van der Waals surface area (Å²) in [6.45, 7) is 2.58. The lowest BCUT2D eigenvalue weighted by molar-refractivity contribution is -0.384. The van der Waals surface area contributed by atoms with Crippen LogP contribution in [0.1, 0.15) is 6.92 Å². The van der Waals surface area contributed by atoms with E-state index in [0.29, 0.717) is 6.61 Å². The van der Waals surface area contributed by atoms with Gasteiger partial charge in [-0.1, -0.05) is 0 Å². The van der Waals surface area contributed by atoms with Gasteiger partial charge in [0.15, 0.2) is 8.68 Å². The molecule has 2 heterocycles. The van der Waals surface area contributed by atoms with Gasteiger partial charge in [0.25, 0.3) is 5.69 Å². The van der Waals surface area contributed by atoms with Gasteiger partial charge in [-0.15, -0.1) is 22.7 Å². The number of nitro groups is 1. The predicted molar refractivity (Wildman–Crippen MR) is 101 cm³/mol. The normalized spacial score (nSPS) is 11.2. The van der Waals surface area contributed by atoms with Gasteiger partial charge >= 0.3 is 0 Å². The minimum absolute atomic E-state index is 0.0798. The van der Waals surface area contributed by atoms with Crippen LogP contribution in [0.3, 0.4) is 0 Å². The van der Waals surface area contributed by atoms with Crippen LogP contribution in [0.25, 0.3) is 20.4 Å². The second-order valence-electron chi connectivity index (χ2n) is 5.03. The Labute approximate surface area is 154 Å². The van der Waals surface area contributed by atoms with Gasteiger partial charge in [0.05, 0.1) is 32.0 Å². The number of nitro benzene ring substituents is 1. The Morgan fingerprint density at radius 3 is 2.36 bits per heavy atom. The van der Waals surface area contributed by atoms with Gasteiger partial charge in [-0.05, 0) is 43.0 Å². The van der Waals surface area contributed by atoms with Gasteiger partial charge < -0.3 is 4.74 Å². The molecule has 2 aromatic heterocycles. The highest BCUT2D eigenvalue weighted by molar-refractivity contribution is 8.02. The average molecular weight is 389 g/mol. The number of ether oxygens (including phenoxy) is 1. The summed E-state index contributed by atoms with van der Waals surface area (Å²) in [7, 11) is 0. The lowest BCUT2D eigenvalue weighted by atomic mass is 10.3. The molecule has 0 saturated carbocycles. The second-order valence-corrected chi connectivity index (χ2v) is 8.59. The first-order valence-electron chi connectivity index (χ1n) is 7.38. The molecule has 6 nitrogen and oxygen atoms in total. The fraction of sp³-hybridized carbons (Fsp3) is 0.125. The lowest BCUT2D eigenvalue weighted by Gasteiger charge is -2.00. The number of hydrogen-bond acceptors (Lipinski definition) is 8. The smallest absolute Gasteiger partial charge is 0.270 e. The number of rotatable bonds is 5. The number of non-ortho nitro benzene ring substituents is 1. The summed E-state index contributed by atoms with van der Waals surface area (Å²) in [6, 6.07) is 10.6. The Balaban J connectivity index is 1.63. The maximum Gasteiger partial charge on any atom is 0.270 e. The molecule has 4 rings (SSSR count). The van der Waals surface area contributed by atoms with E-state index in [0.717, 1.165) is 34.9 Å². The van der Waals surface area contributed by atoms with Gasteiger partial charge in [0.1, 0.15) is 5.75 Å². The molecule has 0 saturated heterocycles. The highest BCUT2D eigenvalue weighted by Crippen LogP contribution is 2.39. The van der Waals surface area contributed by atoms with Crippen molar-refractivity contribution in [2.24, 2.45) is 0 Å². The van der Waals surface area contributed by atoms with Gasteiger partial charge in [-0.25, -0.2) is 9.97 Å². The van der Waals surface area contributed by atoms with Crippen molar-refractivity contribution in [3.05, 3.63) is 46.5 Å². The van der Waals surface area contributed by atoms with Crippen molar-refractivity contribution < 1.29 is 9.66 Å². The maximum atomic E-state index is 10.9. The van der Waals surface area contributed by atoms with E-state index in [1.54, 1.807) is 23.5 Å². The van der Waals surface area contributed by atoms with Gasteiger partial charge in [-0.3, -0.25) is 10.1 Å². The van der Waals surface area contributed by atoms with Crippen LogP contribution in [0.2, 0.25) is 0 Å². The van der Waals surface area contributed by atoms with Crippen molar-refractivity contribution >= 4 is 60.6 Å². The molecule has 0 fully saturated rings. The number of nitrogens with zero attached hydrogens (tertiary/aromatic N) is 3. The first kappa shape index (κ1) is 16.2. The van der Waals surface area contributed by atoms with Crippen molar-refractivity contribution in [2.45, 2.75) is 15.6 Å². The zero-order valence-electron chi connectivity index (χ0n) is 13.0. The van der Waals surface area contributed by atoms with Gasteiger partial charge in [0, 0.05) is 12.1 Å². The third-order valence-corrected chi connectivity index (χ3v) is 6.55. The molecule has 0 aliphatic rings. The van der Waals surface area contributed by atoms with E-state index in [2.05, 4.69) is 9.97 Å². The van der Waals surface area contributed by atoms with Crippen molar-refractivity contribution in [1.29, 1.82) is 0 Å². The molecule has 2 aromatic carbocycles. The standard InChI is InChI=1S/C16H11N3O3S3/c1-2-22-10-4-6-12-14(8-10)24-16(18-12)25-15-17-11-5-3-9(19(20)21)7-13(11)23-15/h3-8H,2H2,1H3. The summed E-state index contributed by atoms with van der Waals surface area (Å²) >= 11 is 4.49. The number of fused-ring (bicyclic) bond motifs is 2. The molecule has 0 aliphatic heterocycles. The summed E-state index contributed by atoms with van der Waals surface area (Å²) in [5.74, 6) is 0.836. The van der Waals surface area contributed by atoms with E-state index in [1.165, 1.54) is 29.2 Å². The van der Waals surface area contributed by atoms with E-state index in [4.69, 9.17) is 4.74 Å². The molecule has 0 unspecified atom stereocenters. The van der Waals surface area contributed by atoms with Crippen LogP contribution in [0.5, 0.6) is 5.75 Å². The SMILES string of the molecule is CCOc1ccc2nc(Sc3nc4ccc([N+](=O)[O-])cc4s3)sc2c1. The third-order valence-electron chi connectivity index (χ3n) is 3.39. The van der Waals surface area contributed by atoms with Crippen LogP contribution < -0.4 is 4.74 Å². The van der Waals surface area contributed by atoms with Crippen LogP contribution >= 0.6 is 34.4 Å². The van der Waals surface area contributed by atoms with Crippen LogP contribution in [0, 0.1) is 10.1 Å². The van der Waals surface area contributed by atoms with E-state index in [-0.39, 0.29) is 5.69 Å². The number of aromatic nitrogens is 2. The summed E-state index contributed by atoms with van der Waals surface area (Å²) in [4.78, 5) is 19.6. The van der Waals surface area contributed by atoms with Crippen LogP contribution in [-0.2, 0) is 0 Å². The molecule has 0 atom stereocenters. The molecule has 0 N–H and O–H groups in total. The monoisotopic (exact) mass is 389 g/mol. The molecule has 126 valence electrons. The highest BCUT2D eigenvalue weighted by Gasteiger charge is 2.13. The van der Waals surface area contributed by atoms with E-state index in [1.807, 2.05) is 25.1 Å². The molecule has 0 radical (unpaired) electrons. The van der Waals surface area contributed by atoms with E-state index in [9.17, 15) is 10.1 Å². The summed E-state index contributed by atoms with van der Waals surface area (Å²) in [5.41, 5.74) is 1.77. The molecule has 25 heavy (non-hydrogen) atoms. The number of thiazole rings is 2. The molecule has 0 amide bonds. The zero-order chi connectivity index (χ0) is 17.4. The van der Waals surface area contributed by atoms with Crippen LogP contribution in [0.15, 0.2) is 45.1 Å². The fourth-order valence-corrected chi connectivity index (χ4v) is 5.70. The fourth-order valence-electron chi connectivity index (χ4n) is 2.31. The third kappa shape index (κ3) is 3.30. The topological polar surface area (TPSA) is 78.2 Å². The molecule has 4 aromatic rings. The van der Waals surface area contributed by atoms with Crippen molar-refractivity contribution in [3.63, 3.8) is 0 Å². The molecular formula is C16H11N3O3S3. The second kappa shape index (κ2) is 6.58. The first-order chi connectivity index (χ1) is 12.1. The van der Waals surface area contributed by atoms with E-state index >= 15 is 0 Å². The van der Waals surface area contributed by atoms with Crippen molar-refractivity contribution in [3.8, 4) is 5.75 Å². The maximum absolute atomic E-state index is 10.9. The highest BCUT2D eigenvalue weighted by atomic mass is 32.2. The van der Waals surface area contributed by atoms with Crippen molar-refractivity contribution in [2.75, 3.05) is 6.61 Å². The molecule has 0 bridgehead atoms. The van der Waals surface area contributed by atoms with Crippen molar-refractivity contribution in [1.82, 2.24) is 9.97 Å².